The van der Waals surface area contributed by atoms with Crippen LogP contribution in [0.3, 0.4) is 0 Å². The Kier molecular flexibility index (Phi) is 4.02. The first-order valence-corrected chi connectivity index (χ1v) is 7.43. The summed E-state index contributed by atoms with van der Waals surface area (Å²) in [5.74, 6) is -0.0714. The van der Waals surface area contributed by atoms with Gasteiger partial charge in [0.15, 0.2) is 0 Å². The lowest BCUT2D eigenvalue weighted by Gasteiger charge is -2.41. The molecule has 1 aliphatic carbocycles. The molecule has 0 radical (unpaired) electrons. The molecule has 3 N–H and O–H groups in total. The van der Waals surface area contributed by atoms with Crippen molar-refractivity contribution in [3.63, 3.8) is 0 Å². The molecule has 0 aliphatic heterocycles. The molecule has 4 nitrogen and oxygen atoms in total. The molecule has 18 heavy (non-hydrogen) atoms. The fraction of sp³-hybridized carbons (Fsp3) is 0.692. The number of carbonyl (C=O) groups excluding carboxylic acids is 1. The van der Waals surface area contributed by atoms with Gasteiger partial charge in [-0.15, -0.1) is 11.3 Å². The van der Waals surface area contributed by atoms with Gasteiger partial charge in [0.05, 0.1) is 6.04 Å². The predicted molar refractivity (Wildman–Crippen MR) is 73.6 cm³/mol. The van der Waals surface area contributed by atoms with Crippen molar-refractivity contribution in [1.29, 1.82) is 0 Å². The van der Waals surface area contributed by atoms with E-state index in [9.17, 15) is 4.79 Å². The first-order chi connectivity index (χ1) is 8.56. The van der Waals surface area contributed by atoms with E-state index >= 15 is 0 Å². The van der Waals surface area contributed by atoms with E-state index in [1.807, 2.05) is 6.92 Å². The van der Waals surface area contributed by atoms with Crippen LogP contribution in [0.1, 0.15) is 61.1 Å². The van der Waals surface area contributed by atoms with Crippen molar-refractivity contribution in [2.24, 2.45) is 11.1 Å². The molecule has 1 aromatic rings. The average Bonchev–Trinajstić information content (AvgIpc) is 2.77. The lowest BCUT2D eigenvalue weighted by molar-refractivity contribution is 0.0846. The van der Waals surface area contributed by atoms with Crippen LogP contribution in [0.5, 0.6) is 0 Å². The molecule has 1 unspecified atom stereocenters. The molecule has 1 atom stereocenters. The minimum absolute atomic E-state index is 0.0714. The number of thiazole rings is 1. The van der Waals surface area contributed by atoms with Crippen LogP contribution in [-0.2, 0) is 0 Å². The molecule has 1 aromatic heterocycles. The molecule has 1 heterocycles. The van der Waals surface area contributed by atoms with E-state index in [0.717, 1.165) is 18.0 Å². The van der Waals surface area contributed by atoms with Crippen LogP contribution in [0, 0.1) is 5.41 Å². The molecule has 0 bridgehead atoms. The zero-order chi connectivity index (χ0) is 13.2. The Balaban J connectivity index is 1.91. The van der Waals surface area contributed by atoms with E-state index in [4.69, 9.17) is 5.73 Å². The first kappa shape index (κ1) is 13.5. The maximum Gasteiger partial charge on any atom is 0.270 e. The van der Waals surface area contributed by atoms with Crippen LogP contribution in [0.2, 0.25) is 0 Å². The quantitative estimate of drug-likeness (QED) is 0.861. The Labute approximate surface area is 112 Å². The second kappa shape index (κ2) is 5.36. The van der Waals surface area contributed by atoms with Gasteiger partial charge < -0.3 is 11.1 Å². The van der Waals surface area contributed by atoms with Gasteiger partial charge in [-0.1, -0.05) is 13.3 Å². The summed E-state index contributed by atoms with van der Waals surface area (Å²) in [6.07, 6.45) is 4.88. The van der Waals surface area contributed by atoms with Crippen LogP contribution >= 0.6 is 11.3 Å². The van der Waals surface area contributed by atoms with Crippen LogP contribution in [0.4, 0.5) is 0 Å². The van der Waals surface area contributed by atoms with E-state index in [1.165, 1.54) is 30.6 Å². The molecule has 2 rings (SSSR count). The number of hydrogen-bond donors (Lipinski definition) is 2. The van der Waals surface area contributed by atoms with Gasteiger partial charge in [-0.3, -0.25) is 4.79 Å². The summed E-state index contributed by atoms with van der Waals surface area (Å²) in [6, 6.07) is -0.106. The van der Waals surface area contributed by atoms with Crippen molar-refractivity contribution in [2.75, 3.05) is 6.54 Å². The Morgan fingerprint density at radius 3 is 2.83 bits per heavy atom. The number of aromatic nitrogens is 1. The van der Waals surface area contributed by atoms with Gasteiger partial charge >= 0.3 is 0 Å². The Bertz CT molecular complexity index is 418. The number of nitrogens with two attached hydrogens (primary N) is 1. The number of hydrogen-bond acceptors (Lipinski definition) is 4. The summed E-state index contributed by atoms with van der Waals surface area (Å²) in [5, 5.41) is 5.61. The molecule has 1 fully saturated rings. The molecule has 0 spiro atoms. The van der Waals surface area contributed by atoms with Crippen LogP contribution < -0.4 is 11.1 Å². The van der Waals surface area contributed by atoms with Crippen LogP contribution in [-0.4, -0.2) is 17.4 Å². The van der Waals surface area contributed by atoms with Crippen LogP contribution in [0.15, 0.2) is 5.38 Å². The third-order valence-electron chi connectivity index (χ3n) is 3.93. The Morgan fingerprint density at radius 2 is 2.39 bits per heavy atom. The largest absolute Gasteiger partial charge is 0.350 e. The number of carbonyl (C=O) groups is 1. The van der Waals surface area contributed by atoms with E-state index in [1.54, 1.807) is 5.38 Å². The summed E-state index contributed by atoms with van der Waals surface area (Å²) >= 11 is 1.45. The zero-order valence-electron chi connectivity index (χ0n) is 11.0. The summed E-state index contributed by atoms with van der Waals surface area (Å²) < 4.78 is 0. The van der Waals surface area contributed by atoms with Crippen molar-refractivity contribution in [3.8, 4) is 0 Å². The minimum atomic E-state index is -0.106. The second-order valence-corrected chi connectivity index (χ2v) is 6.14. The first-order valence-electron chi connectivity index (χ1n) is 6.55. The predicted octanol–water partition coefficient (Wildman–Crippen LogP) is 2.47. The lowest BCUT2D eigenvalue weighted by atomic mass is 9.67. The van der Waals surface area contributed by atoms with E-state index < -0.39 is 0 Å². The van der Waals surface area contributed by atoms with Crippen molar-refractivity contribution in [2.45, 2.75) is 45.6 Å². The van der Waals surface area contributed by atoms with Crippen LogP contribution in [0.25, 0.3) is 0 Å². The fourth-order valence-electron chi connectivity index (χ4n) is 2.29. The molecule has 1 aliphatic rings. The molecular weight excluding hydrogens is 246 g/mol. The van der Waals surface area contributed by atoms with Gasteiger partial charge in [-0.2, -0.15) is 0 Å². The Morgan fingerprint density at radius 1 is 1.67 bits per heavy atom. The number of nitrogens with zero attached hydrogens (tertiary/aromatic N) is 1. The molecule has 5 heteroatoms. The highest BCUT2D eigenvalue weighted by Crippen LogP contribution is 2.43. The summed E-state index contributed by atoms with van der Waals surface area (Å²) in [7, 11) is 0. The normalized spacial score (nSPS) is 19.1. The van der Waals surface area contributed by atoms with Gasteiger partial charge in [-0.25, -0.2) is 4.98 Å². The molecule has 1 amide bonds. The van der Waals surface area contributed by atoms with Gasteiger partial charge in [0, 0.05) is 11.9 Å². The minimum Gasteiger partial charge on any atom is -0.350 e. The van der Waals surface area contributed by atoms with E-state index in [-0.39, 0.29) is 11.9 Å². The number of amides is 1. The second-order valence-electron chi connectivity index (χ2n) is 5.25. The smallest absolute Gasteiger partial charge is 0.270 e. The number of nitrogens with one attached hydrogen (secondary N) is 1. The highest BCUT2D eigenvalue weighted by atomic mass is 32.1. The van der Waals surface area contributed by atoms with Crippen molar-refractivity contribution >= 4 is 17.2 Å². The fourth-order valence-corrected chi connectivity index (χ4v) is 3.05. The molecule has 100 valence electrons. The van der Waals surface area contributed by atoms with E-state index in [2.05, 4.69) is 17.2 Å². The van der Waals surface area contributed by atoms with Crippen molar-refractivity contribution in [1.82, 2.24) is 10.3 Å². The van der Waals surface area contributed by atoms with Gasteiger partial charge in [0.2, 0.25) is 0 Å². The third kappa shape index (κ3) is 2.72. The molecular formula is C13H21N3OS. The highest BCUT2D eigenvalue weighted by Gasteiger charge is 2.35. The SMILES string of the molecule is CCC1(CNC(=O)c2csc(C(C)N)n2)CCC1. The average molecular weight is 267 g/mol. The third-order valence-corrected chi connectivity index (χ3v) is 4.98. The monoisotopic (exact) mass is 267 g/mol. The van der Waals surface area contributed by atoms with E-state index in [0.29, 0.717) is 11.1 Å². The zero-order valence-corrected chi connectivity index (χ0v) is 11.8. The summed E-state index contributed by atoms with van der Waals surface area (Å²) in [6.45, 7) is 4.84. The van der Waals surface area contributed by atoms with Gasteiger partial charge in [0.1, 0.15) is 10.7 Å². The lowest BCUT2D eigenvalue weighted by Crippen LogP contribution is -2.41. The maximum absolute atomic E-state index is 12.0. The summed E-state index contributed by atoms with van der Waals surface area (Å²) in [4.78, 5) is 16.2. The van der Waals surface area contributed by atoms with Gasteiger partial charge in [0.25, 0.3) is 5.91 Å². The maximum atomic E-state index is 12.0. The molecule has 0 aromatic carbocycles. The standard InChI is InChI=1S/C13H21N3OS/c1-3-13(5-4-6-13)8-15-11(17)10-7-18-12(16-10)9(2)14/h7,9H,3-6,8,14H2,1-2H3,(H,15,17). The van der Waals surface area contributed by atoms with Crippen molar-refractivity contribution in [3.05, 3.63) is 16.1 Å². The number of rotatable bonds is 5. The molecule has 1 saturated carbocycles. The Hall–Kier alpha value is -0.940. The summed E-state index contributed by atoms with van der Waals surface area (Å²) in [5.41, 5.74) is 6.58. The topological polar surface area (TPSA) is 68.0 Å². The van der Waals surface area contributed by atoms with Gasteiger partial charge in [-0.05, 0) is 31.6 Å². The van der Waals surface area contributed by atoms with Crippen molar-refractivity contribution < 1.29 is 4.79 Å². The molecule has 0 saturated heterocycles. The highest BCUT2D eigenvalue weighted by molar-refractivity contribution is 7.09.